The van der Waals surface area contributed by atoms with Gasteiger partial charge in [-0.15, -0.1) is 0 Å². The number of aromatic nitrogens is 3. The third-order valence-electron chi connectivity index (χ3n) is 2.95. The van der Waals surface area contributed by atoms with Gasteiger partial charge in [0.2, 0.25) is 0 Å². The number of halogens is 2. The Hall–Kier alpha value is -1.31. The van der Waals surface area contributed by atoms with Gasteiger partial charge in [0, 0.05) is 18.3 Å². The third kappa shape index (κ3) is 3.23. The monoisotopic (exact) mass is 342 g/mol. The minimum absolute atomic E-state index is 0.187. The van der Waals surface area contributed by atoms with Crippen molar-refractivity contribution in [2.45, 2.75) is 12.6 Å². The van der Waals surface area contributed by atoms with Crippen molar-refractivity contribution in [3.8, 4) is 0 Å². The van der Waals surface area contributed by atoms with E-state index in [-0.39, 0.29) is 5.56 Å². The predicted octanol–water partition coefficient (Wildman–Crippen LogP) is 1.82. The van der Waals surface area contributed by atoms with Crippen LogP contribution in [0.3, 0.4) is 0 Å². The molecular weight excluding hydrogens is 327 g/mol. The van der Waals surface area contributed by atoms with Crippen molar-refractivity contribution in [2.24, 2.45) is 0 Å². The summed E-state index contributed by atoms with van der Waals surface area (Å²) >= 11 is 3.35. The SMILES string of the molecule is CN(C)CCn1ncc(Br)c1C(O)c1ccncc1F. The van der Waals surface area contributed by atoms with E-state index in [1.807, 2.05) is 19.0 Å². The van der Waals surface area contributed by atoms with Crippen LogP contribution in [0, 0.1) is 5.82 Å². The molecule has 0 aliphatic heterocycles. The zero-order chi connectivity index (χ0) is 14.7. The van der Waals surface area contributed by atoms with Gasteiger partial charge in [-0.3, -0.25) is 9.67 Å². The van der Waals surface area contributed by atoms with Crippen LogP contribution in [0.25, 0.3) is 0 Å². The van der Waals surface area contributed by atoms with Gasteiger partial charge in [-0.05, 0) is 36.1 Å². The minimum Gasteiger partial charge on any atom is -0.382 e. The molecule has 0 radical (unpaired) electrons. The van der Waals surface area contributed by atoms with E-state index >= 15 is 0 Å². The van der Waals surface area contributed by atoms with Crippen molar-refractivity contribution in [3.63, 3.8) is 0 Å². The predicted molar refractivity (Wildman–Crippen MR) is 76.7 cm³/mol. The lowest BCUT2D eigenvalue weighted by atomic mass is 10.1. The van der Waals surface area contributed by atoms with Crippen LogP contribution in [0.1, 0.15) is 17.4 Å². The molecule has 0 aromatic carbocycles. The molecule has 2 aromatic heterocycles. The number of aliphatic hydroxyl groups is 1. The number of hydrogen-bond donors (Lipinski definition) is 1. The van der Waals surface area contributed by atoms with Gasteiger partial charge in [0.25, 0.3) is 0 Å². The molecule has 2 aromatic rings. The Morgan fingerprint density at radius 1 is 1.45 bits per heavy atom. The molecule has 20 heavy (non-hydrogen) atoms. The minimum atomic E-state index is -1.09. The van der Waals surface area contributed by atoms with Crippen molar-refractivity contribution in [3.05, 3.63) is 46.2 Å². The molecule has 0 bridgehead atoms. The second-order valence-corrected chi connectivity index (χ2v) is 5.56. The molecule has 0 fully saturated rings. The highest BCUT2D eigenvalue weighted by atomic mass is 79.9. The molecular formula is C13H16BrFN4O. The first kappa shape index (κ1) is 15.1. The van der Waals surface area contributed by atoms with E-state index in [0.29, 0.717) is 16.7 Å². The number of hydrogen-bond acceptors (Lipinski definition) is 4. The summed E-state index contributed by atoms with van der Waals surface area (Å²) < 4.78 is 16.1. The maximum atomic E-state index is 13.7. The van der Waals surface area contributed by atoms with Crippen LogP contribution in [0.15, 0.2) is 29.1 Å². The number of likely N-dealkylation sites (N-methyl/N-ethyl adjacent to an activating group) is 1. The van der Waals surface area contributed by atoms with Gasteiger partial charge in [0.15, 0.2) is 0 Å². The molecule has 0 saturated heterocycles. The fourth-order valence-electron chi connectivity index (χ4n) is 1.87. The van der Waals surface area contributed by atoms with Gasteiger partial charge in [0.1, 0.15) is 11.9 Å². The first-order valence-electron chi connectivity index (χ1n) is 6.14. The fourth-order valence-corrected chi connectivity index (χ4v) is 2.38. The molecule has 0 aliphatic rings. The first-order valence-corrected chi connectivity index (χ1v) is 6.93. The van der Waals surface area contributed by atoms with Gasteiger partial charge in [-0.25, -0.2) is 4.39 Å². The van der Waals surface area contributed by atoms with Crippen LogP contribution in [0.2, 0.25) is 0 Å². The fraction of sp³-hybridized carbons (Fsp3) is 0.385. The Balaban J connectivity index is 2.32. The molecule has 0 aliphatic carbocycles. The second-order valence-electron chi connectivity index (χ2n) is 4.70. The summed E-state index contributed by atoms with van der Waals surface area (Å²) in [5.74, 6) is -0.535. The average molecular weight is 343 g/mol. The van der Waals surface area contributed by atoms with Gasteiger partial charge in [-0.2, -0.15) is 5.10 Å². The summed E-state index contributed by atoms with van der Waals surface area (Å²) in [7, 11) is 3.91. The number of nitrogens with zero attached hydrogens (tertiary/aromatic N) is 4. The average Bonchev–Trinajstić information content (AvgIpc) is 2.77. The molecule has 5 nitrogen and oxygen atoms in total. The van der Waals surface area contributed by atoms with E-state index in [1.165, 1.54) is 12.3 Å². The Morgan fingerprint density at radius 2 is 2.20 bits per heavy atom. The van der Waals surface area contributed by atoms with Crippen LogP contribution in [0.5, 0.6) is 0 Å². The van der Waals surface area contributed by atoms with Crippen molar-refractivity contribution in [1.29, 1.82) is 0 Å². The number of pyridine rings is 1. The number of aliphatic hydroxyl groups excluding tert-OH is 1. The smallest absolute Gasteiger partial charge is 0.147 e. The Labute approximate surface area is 125 Å². The topological polar surface area (TPSA) is 54.2 Å². The van der Waals surface area contributed by atoms with E-state index in [4.69, 9.17) is 0 Å². The first-order chi connectivity index (χ1) is 9.50. The molecule has 2 rings (SSSR count). The van der Waals surface area contributed by atoms with Crippen LogP contribution >= 0.6 is 15.9 Å². The highest BCUT2D eigenvalue weighted by molar-refractivity contribution is 9.10. The van der Waals surface area contributed by atoms with Crippen molar-refractivity contribution >= 4 is 15.9 Å². The Morgan fingerprint density at radius 3 is 2.85 bits per heavy atom. The van der Waals surface area contributed by atoms with E-state index in [9.17, 15) is 9.50 Å². The molecule has 2 heterocycles. The van der Waals surface area contributed by atoms with Gasteiger partial charge in [0.05, 0.1) is 29.1 Å². The van der Waals surface area contributed by atoms with E-state index in [2.05, 4.69) is 26.0 Å². The normalized spacial score (nSPS) is 12.9. The summed E-state index contributed by atoms with van der Waals surface area (Å²) in [6.07, 6.45) is 3.06. The lowest BCUT2D eigenvalue weighted by molar-refractivity contribution is 0.199. The Bertz CT molecular complexity index is 588. The van der Waals surface area contributed by atoms with E-state index in [1.54, 1.807) is 10.9 Å². The summed E-state index contributed by atoms with van der Waals surface area (Å²) in [4.78, 5) is 5.70. The van der Waals surface area contributed by atoms with Crippen LogP contribution < -0.4 is 0 Å². The number of rotatable bonds is 5. The summed E-state index contributed by atoms with van der Waals surface area (Å²) in [5, 5.41) is 14.6. The maximum Gasteiger partial charge on any atom is 0.147 e. The molecule has 0 spiro atoms. The molecule has 1 N–H and O–H groups in total. The van der Waals surface area contributed by atoms with Gasteiger partial charge in [-0.1, -0.05) is 0 Å². The van der Waals surface area contributed by atoms with Gasteiger partial charge < -0.3 is 10.0 Å². The quantitative estimate of drug-likeness (QED) is 0.900. The lowest BCUT2D eigenvalue weighted by Crippen LogP contribution is -2.21. The van der Waals surface area contributed by atoms with Gasteiger partial charge >= 0.3 is 0 Å². The Kier molecular flexibility index (Phi) is 4.85. The zero-order valence-corrected chi connectivity index (χ0v) is 12.9. The summed E-state index contributed by atoms with van der Waals surface area (Å²) in [6, 6.07) is 1.47. The molecule has 0 amide bonds. The third-order valence-corrected chi connectivity index (χ3v) is 3.56. The molecule has 7 heteroatoms. The summed E-state index contributed by atoms with van der Waals surface area (Å²) in [5.41, 5.74) is 0.726. The standard InChI is InChI=1S/C13H16BrFN4O/c1-18(2)5-6-19-12(10(14)7-17-19)13(20)9-3-4-16-8-11(9)15/h3-4,7-8,13,20H,5-6H2,1-2H3. The summed E-state index contributed by atoms with van der Waals surface area (Å²) in [6.45, 7) is 1.38. The zero-order valence-electron chi connectivity index (χ0n) is 11.3. The van der Waals surface area contributed by atoms with Crippen LogP contribution in [0.4, 0.5) is 4.39 Å². The largest absolute Gasteiger partial charge is 0.382 e. The second kappa shape index (κ2) is 6.43. The molecule has 1 atom stereocenters. The molecule has 0 saturated carbocycles. The highest BCUT2D eigenvalue weighted by Crippen LogP contribution is 2.29. The van der Waals surface area contributed by atoms with Crippen molar-refractivity contribution in [2.75, 3.05) is 20.6 Å². The van der Waals surface area contributed by atoms with Crippen molar-refractivity contribution < 1.29 is 9.50 Å². The van der Waals surface area contributed by atoms with E-state index in [0.717, 1.165) is 12.7 Å². The van der Waals surface area contributed by atoms with E-state index < -0.39 is 11.9 Å². The molecule has 1 unspecified atom stereocenters. The van der Waals surface area contributed by atoms with Crippen LogP contribution in [-0.4, -0.2) is 45.4 Å². The maximum absolute atomic E-state index is 13.7. The highest BCUT2D eigenvalue weighted by Gasteiger charge is 2.22. The molecule has 108 valence electrons. The lowest BCUT2D eigenvalue weighted by Gasteiger charge is -2.16. The van der Waals surface area contributed by atoms with Crippen LogP contribution in [-0.2, 0) is 6.54 Å². The van der Waals surface area contributed by atoms with Crippen molar-refractivity contribution in [1.82, 2.24) is 19.7 Å².